The Labute approximate surface area is 122 Å². The molecule has 0 saturated carbocycles. The molecule has 114 valence electrons. The number of rotatable bonds is 6. The standard InChI is InChI=1S/C14H19N3O4/c1-9(14(15)19)10-6-17-11(7-16-10)12(18)8-21-13-4-2-3-5-20-13/h6-7,9,13H,2-5,8H2,1H3,(H2,15,19). The van der Waals surface area contributed by atoms with Crippen molar-refractivity contribution in [2.45, 2.75) is 38.4 Å². The minimum absolute atomic E-state index is 0.0932. The molecule has 0 radical (unpaired) electrons. The van der Waals surface area contributed by atoms with Gasteiger partial charge in [-0.1, -0.05) is 0 Å². The summed E-state index contributed by atoms with van der Waals surface area (Å²) in [4.78, 5) is 31.0. The molecule has 2 atom stereocenters. The summed E-state index contributed by atoms with van der Waals surface area (Å²) < 4.78 is 10.8. The molecule has 2 rings (SSSR count). The second kappa shape index (κ2) is 7.24. The lowest BCUT2D eigenvalue weighted by Gasteiger charge is -2.22. The van der Waals surface area contributed by atoms with Crippen molar-refractivity contribution >= 4 is 11.7 Å². The third-order valence-electron chi connectivity index (χ3n) is 3.37. The lowest BCUT2D eigenvalue weighted by molar-refractivity contribution is -0.155. The molecule has 2 unspecified atom stereocenters. The van der Waals surface area contributed by atoms with Crippen molar-refractivity contribution in [3.05, 3.63) is 23.8 Å². The monoisotopic (exact) mass is 293 g/mol. The third-order valence-corrected chi connectivity index (χ3v) is 3.37. The second-order valence-corrected chi connectivity index (χ2v) is 4.98. The Morgan fingerprint density at radius 3 is 2.81 bits per heavy atom. The number of hydrogen-bond donors (Lipinski definition) is 1. The number of ether oxygens (including phenoxy) is 2. The molecule has 7 heteroatoms. The van der Waals surface area contributed by atoms with Gasteiger partial charge in [0.05, 0.1) is 24.0 Å². The van der Waals surface area contributed by atoms with Gasteiger partial charge in [0.1, 0.15) is 12.3 Å². The maximum atomic E-state index is 11.9. The van der Waals surface area contributed by atoms with Crippen LogP contribution in [0, 0.1) is 0 Å². The van der Waals surface area contributed by atoms with Crippen molar-refractivity contribution in [2.75, 3.05) is 13.2 Å². The number of hydrogen-bond acceptors (Lipinski definition) is 6. The Bertz CT molecular complexity index is 497. The van der Waals surface area contributed by atoms with Crippen molar-refractivity contribution in [3.8, 4) is 0 Å². The zero-order valence-corrected chi connectivity index (χ0v) is 11.9. The maximum Gasteiger partial charge on any atom is 0.226 e. The van der Waals surface area contributed by atoms with E-state index in [4.69, 9.17) is 15.2 Å². The molecule has 21 heavy (non-hydrogen) atoms. The number of primary amides is 1. The first-order valence-electron chi connectivity index (χ1n) is 6.95. The van der Waals surface area contributed by atoms with Gasteiger partial charge in [-0.15, -0.1) is 0 Å². The van der Waals surface area contributed by atoms with Gasteiger partial charge in [-0.3, -0.25) is 14.6 Å². The summed E-state index contributed by atoms with van der Waals surface area (Å²) in [5, 5.41) is 0. The fourth-order valence-electron chi connectivity index (χ4n) is 1.94. The summed E-state index contributed by atoms with van der Waals surface area (Å²) in [6.07, 6.45) is 5.28. The van der Waals surface area contributed by atoms with Crippen LogP contribution in [0.15, 0.2) is 12.4 Å². The number of ketones is 1. The Balaban J connectivity index is 1.88. The molecule has 2 heterocycles. The predicted molar refractivity (Wildman–Crippen MR) is 73.5 cm³/mol. The van der Waals surface area contributed by atoms with Gasteiger partial charge in [0.25, 0.3) is 0 Å². The van der Waals surface area contributed by atoms with Gasteiger partial charge >= 0.3 is 0 Å². The largest absolute Gasteiger partial charge is 0.369 e. The van der Waals surface area contributed by atoms with E-state index in [9.17, 15) is 9.59 Å². The Hall–Kier alpha value is -1.86. The van der Waals surface area contributed by atoms with E-state index in [-0.39, 0.29) is 24.4 Å². The van der Waals surface area contributed by atoms with Crippen LogP contribution in [0.2, 0.25) is 0 Å². The molecule has 1 aromatic heterocycles. The van der Waals surface area contributed by atoms with Crippen LogP contribution in [-0.4, -0.2) is 41.2 Å². The fraction of sp³-hybridized carbons (Fsp3) is 0.571. The van der Waals surface area contributed by atoms with E-state index in [1.165, 1.54) is 12.4 Å². The average molecular weight is 293 g/mol. The van der Waals surface area contributed by atoms with Crippen molar-refractivity contribution in [3.63, 3.8) is 0 Å². The molecule has 1 amide bonds. The fourth-order valence-corrected chi connectivity index (χ4v) is 1.94. The SMILES string of the molecule is CC(C(N)=O)c1cnc(C(=O)COC2CCCCO2)cn1. The summed E-state index contributed by atoms with van der Waals surface area (Å²) in [7, 11) is 0. The number of carbonyl (C=O) groups excluding carboxylic acids is 2. The number of carbonyl (C=O) groups is 2. The van der Waals surface area contributed by atoms with E-state index in [2.05, 4.69) is 9.97 Å². The van der Waals surface area contributed by atoms with Crippen molar-refractivity contribution in [1.82, 2.24) is 9.97 Å². The van der Waals surface area contributed by atoms with Gasteiger partial charge in [-0.25, -0.2) is 4.98 Å². The van der Waals surface area contributed by atoms with Crippen molar-refractivity contribution < 1.29 is 19.1 Å². The van der Waals surface area contributed by atoms with Crippen LogP contribution in [0.1, 0.15) is 48.3 Å². The number of amides is 1. The van der Waals surface area contributed by atoms with E-state index in [1.54, 1.807) is 6.92 Å². The minimum atomic E-state index is -0.534. The van der Waals surface area contributed by atoms with Crippen LogP contribution < -0.4 is 5.73 Å². The topological polar surface area (TPSA) is 104 Å². The van der Waals surface area contributed by atoms with Crippen LogP contribution in [-0.2, 0) is 14.3 Å². The van der Waals surface area contributed by atoms with Crippen LogP contribution in [0.3, 0.4) is 0 Å². The minimum Gasteiger partial charge on any atom is -0.369 e. The molecule has 0 spiro atoms. The molecule has 0 bridgehead atoms. The first-order chi connectivity index (χ1) is 10.1. The number of nitrogens with two attached hydrogens (primary N) is 1. The number of Topliss-reactive ketones (excluding diaryl/α,β-unsaturated/α-hetero) is 1. The van der Waals surface area contributed by atoms with Gasteiger partial charge in [-0.2, -0.15) is 0 Å². The van der Waals surface area contributed by atoms with Crippen LogP contribution >= 0.6 is 0 Å². The highest BCUT2D eigenvalue weighted by molar-refractivity contribution is 5.95. The maximum absolute atomic E-state index is 11.9. The zero-order valence-electron chi connectivity index (χ0n) is 11.9. The highest BCUT2D eigenvalue weighted by Crippen LogP contribution is 2.14. The third kappa shape index (κ3) is 4.30. The number of aromatic nitrogens is 2. The summed E-state index contributed by atoms with van der Waals surface area (Å²) in [5.74, 6) is -1.29. The Morgan fingerprint density at radius 1 is 1.43 bits per heavy atom. The van der Waals surface area contributed by atoms with E-state index in [1.807, 2.05) is 0 Å². The predicted octanol–water partition coefficient (Wildman–Crippen LogP) is 0.791. The summed E-state index contributed by atoms with van der Waals surface area (Å²) >= 11 is 0. The summed E-state index contributed by atoms with van der Waals surface area (Å²) in [6, 6.07) is 0. The van der Waals surface area contributed by atoms with E-state index in [0.29, 0.717) is 12.3 Å². The summed E-state index contributed by atoms with van der Waals surface area (Å²) in [6.45, 7) is 2.21. The smallest absolute Gasteiger partial charge is 0.226 e. The molecule has 0 aliphatic carbocycles. The second-order valence-electron chi connectivity index (χ2n) is 4.98. The highest BCUT2D eigenvalue weighted by atomic mass is 16.7. The van der Waals surface area contributed by atoms with Gasteiger partial charge in [0.15, 0.2) is 6.29 Å². The van der Waals surface area contributed by atoms with Gasteiger partial charge in [0, 0.05) is 6.61 Å². The van der Waals surface area contributed by atoms with E-state index in [0.717, 1.165) is 19.3 Å². The highest BCUT2D eigenvalue weighted by Gasteiger charge is 2.18. The molecule has 1 aliphatic rings. The van der Waals surface area contributed by atoms with Crippen LogP contribution in [0.25, 0.3) is 0 Å². The molecular weight excluding hydrogens is 274 g/mol. The first kappa shape index (κ1) is 15.5. The molecule has 7 nitrogen and oxygen atoms in total. The molecular formula is C14H19N3O4. The molecule has 0 aromatic carbocycles. The molecule has 1 aromatic rings. The van der Waals surface area contributed by atoms with E-state index >= 15 is 0 Å². The molecule has 1 fully saturated rings. The molecule has 2 N–H and O–H groups in total. The van der Waals surface area contributed by atoms with Gasteiger partial charge in [0.2, 0.25) is 11.7 Å². The van der Waals surface area contributed by atoms with Crippen molar-refractivity contribution in [1.29, 1.82) is 0 Å². The van der Waals surface area contributed by atoms with Gasteiger partial charge in [-0.05, 0) is 26.2 Å². The van der Waals surface area contributed by atoms with E-state index < -0.39 is 11.8 Å². The van der Waals surface area contributed by atoms with Crippen LogP contribution in [0.4, 0.5) is 0 Å². The normalized spacial score (nSPS) is 20.0. The Kier molecular flexibility index (Phi) is 5.35. The zero-order chi connectivity index (χ0) is 15.2. The molecule has 1 saturated heterocycles. The lowest BCUT2D eigenvalue weighted by atomic mass is 10.1. The van der Waals surface area contributed by atoms with Crippen LogP contribution in [0.5, 0.6) is 0 Å². The van der Waals surface area contributed by atoms with Gasteiger partial charge < -0.3 is 15.2 Å². The lowest BCUT2D eigenvalue weighted by Crippen LogP contribution is -2.25. The molecule has 1 aliphatic heterocycles. The quantitative estimate of drug-likeness (QED) is 0.778. The first-order valence-corrected chi connectivity index (χ1v) is 6.95. The number of nitrogens with zero attached hydrogens (tertiary/aromatic N) is 2. The summed E-state index contributed by atoms with van der Waals surface area (Å²) in [5.41, 5.74) is 5.83. The Morgan fingerprint density at radius 2 is 2.24 bits per heavy atom. The average Bonchev–Trinajstić information content (AvgIpc) is 2.53. The van der Waals surface area contributed by atoms with Crippen molar-refractivity contribution in [2.24, 2.45) is 5.73 Å².